The van der Waals surface area contributed by atoms with Crippen LogP contribution in [0.3, 0.4) is 0 Å². The molecule has 0 bridgehead atoms. The first-order chi connectivity index (χ1) is 9.99. The molecule has 0 N–H and O–H groups in total. The molecule has 3 rings (SSSR count). The zero-order chi connectivity index (χ0) is 14.9. The van der Waals surface area contributed by atoms with Crippen molar-refractivity contribution in [2.75, 3.05) is 6.54 Å². The molecular formula is C14H15F3N4. The molecule has 1 aromatic heterocycles. The SMILES string of the molecule is FC(F)(F)Cc1ccc(CN2CCn3nncc3C2)cc1. The molecule has 1 aliphatic heterocycles. The molecule has 2 heterocycles. The molecule has 4 nitrogen and oxygen atoms in total. The zero-order valence-electron chi connectivity index (χ0n) is 11.3. The predicted molar refractivity (Wildman–Crippen MR) is 70.3 cm³/mol. The lowest BCUT2D eigenvalue weighted by Gasteiger charge is -2.26. The van der Waals surface area contributed by atoms with Gasteiger partial charge in [0.2, 0.25) is 0 Å². The van der Waals surface area contributed by atoms with Gasteiger partial charge in [-0.1, -0.05) is 29.5 Å². The summed E-state index contributed by atoms with van der Waals surface area (Å²) >= 11 is 0. The normalized spacial score (nSPS) is 16.0. The Morgan fingerprint density at radius 3 is 2.48 bits per heavy atom. The molecular weight excluding hydrogens is 281 g/mol. The average Bonchev–Trinajstić information content (AvgIpc) is 2.87. The summed E-state index contributed by atoms with van der Waals surface area (Å²) in [6.45, 7) is 3.14. The van der Waals surface area contributed by atoms with E-state index in [0.29, 0.717) is 5.56 Å². The molecule has 0 saturated carbocycles. The maximum Gasteiger partial charge on any atom is 0.393 e. The first-order valence-corrected chi connectivity index (χ1v) is 6.74. The second-order valence-electron chi connectivity index (χ2n) is 5.27. The second-order valence-corrected chi connectivity index (χ2v) is 5.27. The lowest BCUT2D eigenvalue weighted by Crippen LogP contribution is -2.33. The van der Waals surface area contributed by atoms with Crippen molar-refractivity contribution in [3.05, 3.63) is 47.3 Å². The van der Waals surface area contributed by atoms with Crippen LogP contribution in [0.15, 0.2) is 30.5 Å². The zero-order valence-corrected chi connectivity index (χ0v) is 11.3. The Labute approximate surface area is 120 Å². The Morgan fingerprint density at radius 2 is 1.76 bits per heavy atom. The van der Waals surface area contributed by atoms with Gasteiger partial charge in [0, 0.05) is 19.6 Å². The predicted octanol–water partition coefficient (Wildman–Crippen LogP) is 2.40. The van der Waals surface area contributed by atoms with Gasteiger partial charge in [-0.2, -0.15) is 13.2 Å². The van der Waals surface area contributed by atoms with E-state index < -0.39 is 12.6 Å². The Morgan fingerprint density at radius 1 is 1.05 bits per heavy atom. The van der Waals surface area contributed by atoms with Crippen LogP contribution in [0.2, 0.25) is 0 Å². The van der Waals surface area contributed by atoms with Crippen LogP contribution in [0.4, 0.5) is 13.2 Å². The summed E-state index contributed by atoms with van der Waals surface area (Å²) < 4.78 is 38.8. The number of hydrogen-bond acceptors (Lipinski definition) is 3. The average molecular weight is 296 g/mol. The number of hydrogen-bond donors (Lipinski definition) is 0. The lowest BCUT2D eigenvalue weighted by atomic mass is 10.1. The van der Waals surface area contributed by atoms with E-state index in [4.69, 9.17) is 0 Å². The van der Waals surface area contributed by atoms with Crippen LogP contribution in [-0.4, -0.2) is 32.6 Å². The Hall–Kier alpha value is -1.89. The number of nitrogens with zero attached hydrogens (tertiary/aromatic N) is 4. The van der Waals surface area contributed by atoms with Crippen molar-refractivity contribution in [1.82, 2.24) is 19.9 Å². The molecule has 21 heavy (non-hydrogen) atoms. The number of fused-ring (bicyclic) bond motifs is 1. The third-order valence-electron chi connectivity index (χ3n) is 3.55. The van der Waals surface area contributed by atoms with Crippen molar-refractivity contribution in [2.24, 2.45) is 0 Å². The molecule has 0 spiro atoms. The fourth-order valence-electron chi connectivity index (χ4n) is 2.52. The van der Waals surface area contributed by atoms with E-state index in [0.717, 1.165) is 37.4 Å². The summed E-state index contributed by atoms with van der Waals surface area (Å²) in [5.74, 6) is 0. The summed E-state index contributed by atoms with van der Waals surface area (Å²) in [4.78, 5) is 2.23. The first-order valence-electron chi connectivity index (χ1n) is 6.74. The maximum absolute atomic E-state index is 12.3. The number of benzene rings is 1. The molecule has 1 aromatic carbocycles. The number of rotatable bonds is 3. The monoisotopic (exact) mass is 296 g/mol. The molecule has 112 valence electrons. The van der Waals surface area contributed by atoms with Crippen molar-refractivity contribution in [3.63, 3.8) is 0 Å². The van der Waals surface area contributed by atoms with Gasteiger partial charge < -0.3 is 0 Å². The van der Waals surface area contributed by atoms with Gasteiger partial charge in [-0.15, -0.1) is 5.10 Å². The first kappa shape index (κ1) is 14.1. The van der Waals surface area contributed by atoms with Crippen LogP contribution >= 0.6 is 0 Å². The van der Waals surface area contributed by atoms with Crippen LogP contribution in [0.25, 0.3) is 0 Å². The van der Waals surface area contributed by atoms with Gasteiger partial charge in [0.15, 0.2) is 0 Å². The van der Waals surface area contributed by atoms with E-state index in [2.05, 4.69) is 15.2 Å². The summed E-state index contributed by atoms with van der Waals surface area (Å²) in [5.41, 5.74) is 2.38. The van der Waals surface area contributed by atoms with Gasteiger partial charge in [-0.3, -0.25) is 4.90 Å². The van der Waals surface area contributed by atoms with Gasteiger partial charge in [0.1, 0.15) is 0 Å². The van der Waals surface area contributed by atoms with Gasteiger partial charge >= 0.3 is 6.18 Å². The van der Waals surface area contributed by atoms with Crippen LogP contribution in [0, 0.1) is 0 Å². The highest BCUT2D eigenvalue weighted by Crippen LogP contribution is 2.22. The lowest BCUT2D eigenvalue weighted by molar-refractivity contribution is -0.127. The van der Waals surface area contributed by atoms with Gasteiger partial charge in [0.25, 0.3) is 0 Å². The molecule has 0 unspecified atom stereocenters. The summed E-state index contributed by atoms with van der Waals surface area (Å²) in [6, 6.07) is 6.65. The quantitative estimate of drug-likeness (QED) is 0.872. The minimum atomic E-state index is -4.15. The molecule has 0 atom stereocenters. The third kappa shape index (κ3) is 3.60. The second kappa shape index (κ2) is 5.48. The summed E-state index contributed by atoms with van der Waals surface area (Å²) in [6.07, 6.45) is -3.28. The molecule has 0 fully saturated rings. The van der Waals surface area contributed by atoms with Crippen LogP contribution in [-0.2, 0) is 26.1 Å². The molecule has 7 heteroatoms. The number of aromatic nitrogens is 3. The Kier molecular flexibility index (Phi) is 3.67. The van der Waals surface area contributed by atoms with Crippen molar-refractivity contribution < 1.29 is 13.2 Å². The smallest absolute Gasteiger partial charge is 0.291 e. The van der Waals surface area contributed by atoms with Crippen molar-refractivity contribution in [3.8, 4) is 0 Å². The van der Waals surface area contributed by atoms with E-state index in [1.807, 2.05) is 4.68 Å². The Bertz CT molecular complexity index is 603. The molecule has 0 radical (unpaired) electrons. The number of halogens is 3. The van der Waals surface area contributed by atoms with Gasteiger partial charge in [0.05, 0.1) is 24.9 Å². The van der Waals surface area contributed by atoms with Crippen molar-refractivity contribution in [1.29, 1.82) is 0 Å². The highest BCUT2D eigenvalue weighted by Gasteiger charge is 2.27. The van der Waals surface area contributed by atoms with E-state index in [1.54, 1.807) is 30.5 Å². The Balaban J connectivity index is 1.61. The van der Waals surface area contributed by atoms with E-state index in [-0.39, 0.29) is 0 Å². The van der Waals surface area contributed by atoms with Crippen molar-refractivity contribution in [2.45, 2.75) is 32.2 Å². The molecule has 0 saturated heterocycles. The minimum absolute atomic E-state index is 0.298. The van der Waals surface area contributed by atoms with Crippen LogP contribution < -0.4 is 0 Å². The maximum atomic E-state index is 12.3. The highest BCUT2D eigenvalue weighted by molar-refractivity contribution is 5.23. The van der Waals surface area contributed by atoms with Gasteiger partial charge in [-0.25, -0.2) is 4.68 Å². The van der Waals surface area contributed by atoms with Gasteiger partial charge in [-0.05, 0) is 11.1 Å². The highest BCUT2D eigenvalue weighted by atomic mass is 19.4. The molecule has 0 amide bonds. The standard InChI is InChI=1S/C14H15F3N4/c15-14(16,17)7-11-1-3-12(4-2-11)9-20-5-6-21-13(10-20)8-18-19-21/h1-4,8H,5-7,9-10H2. The largest absolute Gasteiger partial charge is 0.393 e. The topological polar surface area (TPSA) is 34.0 Å². The van der Waals surface area contributed by atoms with E-state index in [9.17, 15) is 13.2 Å². The van der Waals surface area contributed by atoms with Crippen LogP contribution in [0.1, 0.15) is 16.8 Å². The minimum Gasteiger partial charge on any atom is -0.291 e. The third-order valence-corrected chi connectivity index (χ3v) is 3.55. The molecule has 0 aliphatic carbocycles. The number of alkyl halides is 3. The molecule has 1 aliphatic rings. The van der Waals surface area contributed by atoms with Crippen LogP contribution in [0.5, 0.6) is 0 Å². The fourth-order valence-corrected chi connectivity index (χ4v) is 2.52. The summed E-state index contributed by atoms with van der Waals surface area (Å²) in [7, 11) is 0. The summed E-state index contributed by atoms with van der Waals surface area (Å²) in [5, 5.41) is 7.85. The van der Waals surface area contributed by atoms with Crippen molar-refractivity contribution >= 4 is 0 Å². The molecule has 2 aromatic rings. The fraction of sp³-hybridized carbons (Fsp3) is 0.429. The van der Waals surface area contributed by atoms with E-state index in [1.165, 1.54) is 0 Å². The van der Waals surface area contributed by atoms with E-state index >= 15 is 0 Å².